The van der Waals surface area contributed by atoms with Gasteiger partial charge in [0.05, 0.1) is 32.7 Å². The molecule has 0 spiro atoms. The monoisotopic (exact) mass is 409 g/mol. The summed E-state index contributed by atoms with van der Waals surface area (Å²) in [5, 5.41) is 16.1. The van der Waals surface area contributed by atoms with Crippen molar-refractivity contribution >= 4 is 17.6 Å². The van der Waals surface area contributed by atoms with Crippen LogP contribution in [0, 0.1) is 0 Å². The van der Waals surface area contributed by atoms with E-state index in [-0.39, 0.29) is 5.75 Å². The van der Waals surface area contributed by atoms with Crippen molar-refractivity contribution in [2.24, 2.45) is 10.1 Å². The number of hydrogen-bond donors (Lipinski definition) is 1. The molecule has 1 heterocycles. The van der Waals surface area contributed by atoms with Crippen molar-refractivity contribution in [1.82, 2.24) is 4.68 Å². The van der Waals surface area contributed by atoms with E-state index in [0.29, 0.717) is 18.0 Å². The topological polar surface area (TPSA) is 68.3 Å². The van der Waals surface area contributed by atoms with Gasteiger partial charge in [-0.3, -0.25) is 4.99 Å². The van der Waals surface area contributed by atoms with Crippen LogP contribution >= 0.6 is 11.3 Å². The molecule has 29 heavy (non-hydrogen) atoms. The van der Waals surface area contributed by atoms with Crippen LogP contribution in [0.3, 0.4) is 0 Å². The Labute approximate surface area is 173 Å². The largest absolute Gasteiger partial charge is 0.508 e. The van der Waals surface area contributed by atoms with Gasteiger partial charge in [0, 0.05) is 17.0 Å². The number of phenolic OH excluding ortho intramolecular Hbond substituents is 1. The summed E-state index contributed by atoms with van der Waals surface area (Å²) >= 11 is 1.49. The fourth-order valence-corrected chi connectivity index (χ4v) is 3.43. The molecule has 3 rings (SSSR count). The molecule has 3 aromatic rings. The molecule has 0 atom stereocenters. The van der Waals surface area contributed by atoms with Crippen molar-refractivity contribution in [3.05, 3.63) is 70.4 Å². The Kier molecular flexibility index (Phi) is 6.51. The number of thiazole rings is 1. The first-order chi connectivity index (χ1) is 14.0. The van der Waals surface area contributed by atoms with Gasteiger partial charge in [-0.25, -0.2) is 4.68 Å². The zero-order valence-electron chi connectivity index (χ0n) is 16.6. The van der Waals surface area contributed by atoms with E-state index in [9.17, 15) is 5.11 Å². The fourth-order valence-electron chi connectivity index (χ4n) is 2.60. The van der Waals surface area contributed by atoms with Crippen LogP contribution in [0.25, 0.3) is 11.3 Å². The second-order valence-electron chi connectivity index (χ2n) is 6.39. The lowest BCUT2D eigenvalue weighted by atomic mass is 10.1. The molecule has 1 N–H and O–H groups in total. The maximum Gasteiger partial charge on any atom is 0.206 e. The smallest absolute Gasteiger partial charge is 0.206 e. The molecule has 0 aliphatic heterocycles. The third kappa shape index (κ3) is 4.94. The standard InChI is InChI=1S/C22H23N3O3S/c1-15(2)12-23-22-25(24-13-16-5-7-17(26)8-6-16)20(14-29-22)19-10-9-18(27-3)11-21(19)28-4/h5-11,13-14,26H,1,12H2,2-4H3. The molecular formula is C22H23N3O3S. The maximum absolute atomic E-state index is 9.47. The SMILES string of the molecule is C=C(C)CN=c1scc(-c2ccc(OC)cc2OC)n1N=Cc1ccc(O)cc1. The zero-order valence-corrected chi connectivity index (χ0v) is 17.4. The highest BCUT2D eigenvalue weighted by Gasteiger charge is 2.13. The van der Waals surface area contributed by atoms with E-state index in [0.717, 1.165) is 27.2 Å². The van der Waals surface area contributed by atoms with E-state index in [1.165, 1.54) is 11.3 Å². The number of rotatable bonds is 7. The van der Waals surface area contributed by atoms with Crippen molar-refractivity contribution in [3.63, 3.8) is 0 Å². The van der Waals surface area contributed by atoms with Crippen LogP contribution in [0.4, 0.5) is 0 Å². The molecule has 0 bridgehead atoms. The van der Waals surface area contributed by atoms with Crippen molar-refractivity contribution in [1.29, 1.82) is 0 Å². The summed E-state index contributed by atoms with van der Waals surface area (Å²) in [6.45, 7) is 6.38. The summed E-state index contributed by atoms with van der Waals surface area (Å²) in [6.07, 6.45) is 1.73. The van der Waals surface area contributed by atoms with Gasteiger partial charge in [-0.05, 0) is 48.9 Å². The molecule has 0 amide bonds. The minimum Gasteiger partial charge on any atom is -0.508 e. The van der Waals surface area contributed by atoms with E-state index in [4.69, 9.17) is 9.47 Å². The van der Waals surface area contributed by atoms with Crippen LogP contribution in [0.1, 0.15) is 12.5 Å². The van der Waals surface area contributed by atoms with E-state index in [1.807, 2.05) is 30.5 Å². The quantitative estimate of drug-likeness (QED) is 0.467. The fraction of sp³-hybridized carbons (Fsp3) is 0.182. The Hall–Kier alpha value is -3.32. The highest BCUT2D eigenvalue weighted by molar-refractivity contribution is 7.07. The van der Waals surface area contributed by atoms with Gasteiger partial charge >= 0.3 is 0 Å². The zero-order chi connectivity index (χ0) is 20.8. The van der Waals surface area contributed by atoms with Crippen LogP contribution in [0.2, 0.25) is 0 Å². The van der Waals surface area contributed by atoms with Crippen molar-refractivity contribution in [3.8, 4) is 28.5 Å². The Balaban J connectivity index is 2.11. The Morgan fingerprint density at radius 2 is 1.93 bits per heavy atom. The lowest BCUT2D eigenvalue weighted by molar-refractivity contribution is 0.395. The average molecular weight is 410 g/mol. The Bertz CT molecular complexity index is 1100. The maximum atomic E-state index is 9.47. The van der Waals surface area contributed by atoms with Crippen LogP contribution in [0.5, 0.6) is 17.2 Å². The normalized spacial score (nSPS) is 11.8. The van der Waals surface area contributed by atoms with Gasteiger partial charge in [-0.15, -0.1) is 11.3 Å². The summed E-state index contributed by atoms with van der Waals surface area (Å²) in [4.78, 5) is 5.38. The number of hydrogen-bond acceptors (Lipinski definition) is 6. The van der Waals surface area contributed by atoms with Crippen LogP contribution in [-0.2, 0) is 0 Å². The lowest BCUT2D eigenvalue weighted by Crippen LogP contribution is -2.13. The summed E-state index contributed by atoms with van der Waals surface area (Å²) in [7, 11) is 3.25. The van der Waals surface area contributed by atoms with Gasteiger partial charge in [-0.2, -0.15) is 5.10 Å². The molecule has 6 nitrogen and oxygen atoms in total. The van der Waals surface area contributed by atoms with Crippen molar-refractivity contribution < 1.29 is 14.6 Å². The van der Waals surface area contributed by atoms with Gasteiger partial charge in [0.15, 0.2) is 0 Å². The number of ether oxygens (including phenoxy) is 2. The number of phenols is 1. The minimum absolute atomic E-state index is 0.214. The van der Waals surface area contributed by atoms with E-state index in [2.05, 4.69) is 16.7 Å². The summed E-state index contributed by atoms with van der Waals surface area (Å²) in [6, 6.07) is 12.5. The number of aromatic nitrogens is 1. The molecular weight excluding hydrogens is 386 g/mol. The summed E-state index contributed by atoms with van der Waals surface area (Å²) in [5.74, 6) is 1.61. The molecule has 0 radical (unpaired) electrons. The third-order valence-electron chi connectivity index (χ3n) is 4.07. The Morgan fingerprint density at radius 1 is 1.17 bits per heavy atom. The average Bonchev–Trinajstić information content (AvgIpc) is 3.13. The summed E-state index contributed by atoms with van der Waals surface area (Å²) < 4.78 is 12.7. The van der Waals surface area contributed by atoms with Gasteiger partial charge in [-0.1, -0.05) is 12.2 Å². The van der Waals surface area contributed by atoms with Gasteiger partial charge in [0.1, 0.15) is 17.2 Å². The summed E-state index contributed by atoms with van der Waals surface area (Å²) in [5.41, 5.74) is 3.56. The van der Waals surface area contributed by atoms with Gasteiger partial charge < -0.3 is 14.6 Å². The molecule has 1 aromatic heterocycles. The highest BCUT2D eigenvalue weighted by atomic mass is 32.1. The molecule has 0 unspecified atom stereocenters. The second kappa shape index (κ2) is 9.25. The van der Waals surface area contributed by atoms with E-state index >= 15 is 0 Å². The number of methoxy groups -OCH3 is 2. The van der Waals surface area contributed by atoms with E-state index < -0.39 is 0 Å². The first-order valence-corrected chi connectivity index (χ1v) is 9.81. The van der Waals surface area contributed by atoms with Crippen molar-refractivity contribution in [2.45, 2.75) is 6.92 Å². The number of nitrogens with zero attached hydrogens (tertiary/aromatic N) is 3. The molecule has 0 saturated carbocycles. The van der Waals surface area contributed by atoms with Crippen LogP contribution in [-0.4, -0.2) is 36.8 Å². The molecule has 0 aliphatic carbocycles. The van der Waals surface area contributed by atoms with Gasteiger partial charge in [0.25, 0.3) is 0 Å². The molecule has 0 aliphatic rings. The predicted molar refractivity (Wildman–Crippen MR) is 117 cm³/mol. The van der Waals surface area contributed by atoms with Crippen LogP contribution < -0.4 is 14.3 Å². The molecule has 2 aromatic carbocycles. The lowest BCUT2D eigenvalue weighted by Gasteiger charge is -2.11. The molecule has 7 heteroatoms. The van der Waals surface area contributed by atoms with Crippen molar-refractivity contribution in [2.75, 3.05) is 20.8 Å². The first-order valence-electron chi connectivity index (χ1n) is 8.93. The molecule has 0 fully saturated rings. The second-order valence-corrected chi connectivity index (χ2v) is 7.23. The number of aromatic hydroxyl groups is 1. The predicted octanol–water partition coefficient (Wildman–Crippen LogP) is 4.30. The van der Waals surface area contributed by atoms with Crippen LogP contribution in [0.15, 0.2) is 70.1 Å². The van der Waals surface area contributed by atoms with Gasteiger partial charge in [0.2, 0.25) is 4.80 Å². The molecule has 0 saturated heterocycles. The molecule has 150 valence electrons. The third-order valence-corrected chi connectivity index (χ3v) is 4.92. The highest BCUT2D eigenvalue weighted by Crippen LogP contribution is 2.33. The number of benzene rings is 2. The minimum atomic E-state index is 0.214. The van der Waals surface area contributed by atoms with E-state index in [1.54, 1.807) is 49.4 Å². The Morgan fingerprint density at radius 3 is 2.59 bits per heavy atom. The first kappa shape index (κ1) is 20.4.